The molecule has 3 N–H and O–H groups in total. The molecule has 0 spiro atoms. The summed E-state index contributed by atoms with van der Waals surface area (Å²) in [6, 6.07) is 4.33. The van der Waals surface area contributed by atoms with Gasteiger partial charge in [-0.05, 0) is 38.0 Å². The molecule has 1 aliphatic rings. The van der Waals surface area contributed by atoms with Crippen molar-refractivity contribution in [3.8, 4) is 0 Å². The van der Waals surface area contributed by atoms with Gasteiger partial charge in [-0.3, -0.25) is 10.1 Å². The number of nitrogens with two attached hydrogens (primary N) is 1. The number of esters is 1. The van der Waals surface area contributed by atoms with Gasteiger partial charge in [-0.15, -0.1) is 0 Å². The first-order chi connectivity index (χ1) is 13.1. The predicted octanol–water partition coefficient (Wildman–Crippen LogP) is 1.38. The zero-order valence-electron chi connectivity index (χ0n) is 15.9. The van der Waals surface area contributed by atoms with E-state index in [1.54, 1.807) is 12.4 Å². The fourth-order valence-corrected chi connectivity index (χ4v) is 4.56. The van der Waals surface area contributed by atoms with Crippen LogP contribution in [0.1, 0.15) is 49.4 Å². The van der Waals surface area contributed by atoms with E-state index in [1.165, 1.54) is 35.5 Å². The van der Waals surface area contributed by atoms with Crippen LogP contribution in [0.5, 0.6) is 0 Å². The number of nitrogens with one attached hydrogen (secondary N) is 1. The number of sulfonamides is 1. The number of imide groups is 1. The number of hydrogen-bond acceptors (Lipinski definition) is 6. The molecule has 1 aliphatic carbocycles. The minimum absolute atomic E-state index is 0.0168. The van der Waals surface area contributed by atoms with Crippen LogP contribution in [-0.2, 0) is 19.6 Å². The maximum atomic E-state index is 12.9. The van der Waals surface area contributed by atoms with Crippen LogP contribution >= 0.6 is 0 Å². The summed E-state index contributed by atoms with van der Waals surface area (Å²) in [5, 5.41) is 1.81. The first-order valence-corrected chi connectivity index (χ1v) is 10.5. The molecule has 1 atom stereocenters. The molecule has 0 aliphatic heterocycles. The van der Waals surface area contributed by atoms with Gasteiger partial charge < -0.3 is 10.5 Å². The SMILES string of the molecule is C[C@H](OC(=O)c1cccc(S(=O)(=O)N(C)C2CCCCC2)c1)C(=O)NC(N)=O. The summed E-state index contributed by atoms with van der Waals surface area (Å²) in [7, 11) is -2.22. The highest BCUT2D eigenvalue weighted by atomic mass is 32.2. The van der Waals surface area contributed by atoms with Gasteiger partial charge in [0.15, 0.2) is 6.10 Å². The maximum Gasteiger partial charge on any atom is 0.338 e. The lowest BCUT2D eigenvalue weighted by atomic mass is 9.96. The molecule has 9 nitrogen and oxygen atoms in total. The van der Waals surface area contributed by atoms with Crippen molar-refractivity contribution < 1.29 is 27.5 Å². The van der Waals surface area contributed by atoms with E-state index < -0.39 is 34.0 Å². The van der Waals surface area contributed by atoms with E-state index in [4.69, 9.17) is 10.5 Å². The molecule has 1 aromatic rings. The average Bonchev–Trinajstić information content (AvgIpc) is 2.67. The molecule has 0 radical (unpaired) electrons. The number of primary amides is 1. The third kappa shape index (κ3) is 5.29. The van der Waals surface area contributed by atoms with Gasteiger partial charge >= 0.3 is 12.0 Å². The van der Waals surface area contributed by atoms with E-state index in [0.717, 1.165) is 32.1 Å². The van der Waals surface area contributed by atoms with Crippen LogP contribution in [0.25, 0.3) is 0 Å². The van der Waals surface area contributed by atoms with Crippen LogP contribution in [-0.4, -0.2) is 49.8 Å². The Balaban J connectivity index is 2.15. The summed E-state index contributed by atoms with van der Waals surface area (Å²) >= 11 is 0. The molecule has 28 heavy (non-hydrogen) atoms. The number of carbonyl (C=O) groups excluding carboxylic acids is 3. The Morgan fingerprint density at radius 3 is 2.46 bits per heavy atom. The highest BCUT2D eigenvalue weighted by Crippen LogP contribution is 2.26. The quantitative estimate of drug-likeness (QED) is 0.679. The number of carbonyl (C=O) groups is 3. The summed E-state index contributed by atoms with van der Waals surface area (Å²) in [5.41, 5.74) is 4.83. The van der Waals surface area contributed by atoms with Crippen LogP contribution in [0.3, 0.4) is 0 Å². The molecule has 3 amide bonds. The van der Waals surface area contributed by atoms with Crippen LogP contribution in [0.15, 0.2) is 29.2 Å². The third-order valence-electron chi connectivity index (χ3n) is 4.74. The fourth-order valence-electron chi connectivity index (χ4n) is 3.10. The smallest absolute Gasteiger partial charge is 0.338 e. The number of urea groups is 1. The lowest BCUT2D eigenvalue weighted by molar-refractivity contribution is -0.127. The Morgan fingerprint density at radius 2 is 1.86 bits per heavy atom. The van der Waals surface area contributed by atoms with Gasteiger partial charge in [-0.2, -0.15) is 4.31 Å². The number of ether oxygens (including phenoxy) is 1. The minimum atomic E-state index is -3.77. The second-order valence-corrected chi connectivity index (χ2v) is 8.74. The molecule has 1 saturated carbocycles. The van der Waals surface area contributed by atoms with Crippen molar-refractivity contribution in [1.82, 2.24) is 9.62 Å². The van der Waals surface area contributed by atoms with Gasteiger partial charge in [0.05, 0.1) is 10.5 Å². The van der Waals surface area contributed by atoms with Gasteiger partial charge in [0.2, 0.25) is 10.0 Å². The standard InChI is InChI=1S/C18H25N3O6S/c1-12(16(22)20-18(19)24)27-17(23)13-7-6-10-15(11-13)28(25,26)21(2)14-8-4-3-5-9-14/h6-7,10-12,14H,3-5,8-9H2,1-2H3,(H3,19,20,22,24)/t12-/m0/s1. The second-order valence-electron chi connectivity index (χ2n) is 6.74. The minimum Gasteiger partial charge on any atom is -0.449 e. The Kier molecular flexibility index (Phi) is 7.14. The maximum absolute atomic E-state index is 12.9. The van der Waals surface area contributed by atoms with Crippen molar-refractivity contribution in [3.05, 3.63) is 29.8 Å². The fraction of sp³-hybridized carbons (Fsp3) is 0.500. The van der Waals surface area contributed by atoms with Gasteiger partial charge in [-0.25, -0.2) is 18.0 Å². The molecule has 0 heterocycles. The monoisotopic (exact) mass is 411 g/mol. The highest BCUT2D eigenvalue weighted by molar-refractivity contribution is 7.89. The Labute approximate surface area is 164 Å². The molecular formula is C18H25N3O6S. The number of amides is 3. The Bertz CT molecular complexity index is 849. The van der Waals surface area contributed by atoms with E-state index in [2.05, 4.69) is 0 Å². The van der Waals surface area contributed by atoms with Gasteiger partial charge in [0.25, 0.3) is 5.91 Å². The molecule has 1 fully saturated rings. The predicted molar refractivity (Wildman–Crippen MR) is 101 cm³/mol. The second kappa shape index (κ2) is 9.16. The van der Waals surface area contributed by atoms with E-state index in [0.29, 0.717) is 0 Å². The molecule has 2 rings (SSSR count). The van der Waals surface area contributed by atoms with Crippen LogP contribution in [0, 0.1) is 0 Å². The largest absolute Gasteiger partial charge is 0.449 e. The number of benzene rings is 1. The van der Waals surface area contributed by atoms with Gasteiger partial charge in [0.1, 0.15) is 0 Å². The molecule has 10 heteroatoms. The van der Waals surface area contributed by atoms with Crippen molar-refractivity contribution in [3.63, 3.8) is 0 Å². The lowest BCUT2D eigenvalue weighted by Gasteiger charge is -2.30. The van der Waals surface area contributed by atoms with Crippen LogP contribution < -0.4 is 11.1 Å². The van der Waals surface area contributed by atoms with Crippen molar-refractivity contribution >= 4 is 27.9 Å². The van der Waals surface area contributed by atoms with E-state index in [1.807, 2.05) is 0 Å². The molecule has 1 aromatic carbocycles. The van der Waals surface area contributed by atoms with Crippen LogP contribution in [0.2, 0.25) is 0 Å². The summed E-state index contributed by atoms with van der Waals surface area (Å²) in [5.74, 6) is -1.76. The van der Waals surface area contributed by atoms with Crippen molar-refractivity contribution in [2.24, 2.45) is 5.73 Å². The Morgan fingerprint density at radius 1 is 1.21 bits per heavy atom. The molecule has 0 aromatic heterocycles. The van der Waals surface area contributed by atoms with E-state index in [9.17, 15) is 22.8 Å². The van der Waals surface area contributed by atoms with E-state index in [-0.39, 0.29) is 16.5 Å². The van der Waals surface area contributed by atoms with Gasteiger partial charge in [-0.1, -0.05) is 25.3 Å². The topological polar surface area (TPSA) is 136 Å². The van der Waals surface area contributed by atoms with Crippen molar-refractivity contribution in [2.45, 2.75) is 56.1 Å². The summed E-state index contributed by atoms with van der Waals surface area (Å²) in [6.45, 7) is 1.27. The number of rotatable bonds is 6. The lowest BCUT2D eigenvalue weighted by Crippen LogP contribution is -2.42. The Hall–Kier alpha value is -2.46. The van der Waals surface area contributed by atoms with Crippen molar-refractivity contribution in [2.75, 3.05) is 7.05 Å². The summed E-state index contributed by atoms with van der Waals surface area (Å²) < 4.78 is 32.2. The third-order valence-corrected chi connectivity index (χ3v) is 6.64. The first-order valence-electron chi connectivity index (χ1n) is 9.02. The van der Waals surface area contributed by atoms with Crippen LogP contribution in [0.4, 0.5) is 4.79 Å². The molecule has 0 bridgehead atoms. The average molecular weight is 411 g/mol. The van der Waals surface area contributed by atoms with Gasteiger partial charge in [0, 0.05) is 13.1 Å². The summed E-state index contributed by atoms with van der Waals surface area (Å²) in [4.78, 5) is 34.6. The first kappa shape index (κ1) is 21.8. The molecule has 154 valence electrons. The summed E-state index contributed by atoms with van der Waals surface area (Å²) in [6.07, 6.45) is 3.43. The zero-order chi connectivity index (χ0) is 20.9. The zero-order valence-corrected chi connectivity index (χ0v) is 16.7. The number of nitrogens with zero attached hydrogens (tertiary/aromatic N) is 1. The molecule has 0 saturated heterocycles. The van der Waals surface area contributed by atoms with E-state index >= 15 is 0 Å². The highest BCUT2D eigenvalue weighted by Gasteiger charge is 2.30. The normalized spacial score (nSPS) is 16.4. The molecular weight excluding hydrogens is 386 g/mol. The number of hydrogen-bond donors (Lipinski definition) is 2. The van der Waals surface area contributed by atoms with Crippen molar-refractivity contribution in [1.29, 1.82) is 0 Å². The molecule has 0 unspecified atom stereocenters.